The van der Waals surface area contributed by atoms with Crippen molar-refractivity contribution in [1.29, 1.82) is 0 Å². The van der Waals surface area contributed by atoms with Crippen LogP contribution in [0.5, 0.6) is 0 Å². The number of hydrogen-bond acceptors (Lipinski definition) is 5. The fraction of sp³-hybridized carbons (Fsp3) is 0. The Morgan fingerprint density at radius 1 is 1.22 bits per heavy atom. The van der Waals surface area contributed by atoms with E-state index in [0.29, 0.717) is 10.7 Å². The highest BCUT2D eigenvalue weighted by atomic mass is 32.2. The lowest BCUT2D eigenvalue weighted by Crippen LogP contribution is -2.15. The molecule has 2 aromatic rings. The quantitative estimate of drug-likeness (QED) is 0.382. The number of nitrogens with zero attached hydrogens (tertiary/aromatic N) is 3. The number of benzene rings is 1. The predicted octanol–water partition coefficient (Wildman–Crippen LogP) is 1.86. The summed E-state index contributed by atoms with van der Waals surface area (Å²) < 4.78 is 12.7. The maximum atomic E-state index is 12.7. The van der Waals surface area contributed by atoms with Gasteiger partial charge in [0.25, 0.3) is 0 Å². The van der Waals surface area contributed by atoms with Gasteiger partial charge in [-0.3, -0.25) is 0 Å². The van der Waals surface area contributed by atoms with Crippen LogP contribution in [0.2, 0.25) is 0 Å². The third kappa shape index (κ3) is 2.95. The summed E-state index contributed by atoms with van der Waals surface area (Å²) in [5, 5.41) is 11.9. The lowest BCUT2D eigenvalue weighted by molar-refractivity contribution is 0.318. The molecule has 0 radical (unpaired) electrons. The highest BCUT2D eigenvalue weighted by Crippen LogP contribution is 2.25. The molecule has 1 aromatic heterocycles. The molecule has 0 aliphatic heterocycles. The summed E-state index contributed by atoms with van der Waals surface area (Å²) in [5.74, 6) is -0.381. The topological polar surface area (TPSA) is 84.4 Å². The van der Waals surface area contributed by atoms with Gasteiger partial charge in [0.05, 0.1) is 12.4 Å². The van der Waals surface area contributed by atoms with Gasteiger partial charge in [-0.2, -0.15) is 0 Å². The van der Waals surface area contributed by atoms with Gasteiger partial charge >= 0.3 is 0 Å². The molecule has 0 aliphatic rings. The molecule has 1 aromatic carbocycles. The van der Waals surface area contributed by atoms with E-state index in [-0.39, 0.29) is 11.7 Å². The highest BCUT2D eigenvalue weighted by molar-refractivity contribution is 7.99. The molecule has 1 heterocycles. The smallest absolute Gasteiger partial charge is 0.190 e. The zero-order valence-electron chi connectivity index (χ0n) is 9.12. The van der Waals surface area contributed by atoms with Crippen LogP contribution >= 0.6 is 11.8 Å². The summed E-state index contributed by atoms with van der Waals surface area (Å²) in [7, 11) is 0. The molecule has 0 atom stereocenters. The Labute approximate surface area is 107 Å². The molecule has 0 unspecified atom stereocenters. The van der Waals surface area contributed by atoms with Gasteiger partial charge < -0.3 is 10.9 Å². The van der Waals surface area contributed by atoms with Crippen molar-refractivity contribution in [1.82, 2.24) is 9.97 Å². The van der Waals surface area contributed by atoms with Crippen LogP contribution < -0.4 is 5.73 Å². The lowest BCUT2D eigenvalue weighted by atomic mass is 10.4. The molecular weight excluding hydrogens is 255 g/mol. The van der Waals surface area contributed by atoms with Gasteiger partial charge in [-0.15, -0.1) is 0 Å². The molecule has 18 heavy (non-hydrogen) atoms. The molecule has 0 fully saturated rings. The number of nitrogens with two attached hydrogens (primary N) is 1. The molecule has 3 N–H and O–H groups in total. The second kappa shape index (κ2) is 5.46. The number of oxime groups is 1. The monoisotopic (exact) mass is 264 g/mol. The maximum absolute atomic E-state index is 12.7. The van der Waals surface area contributed by atoms with Crippen molar-refractivity contribution in [3.8, 4) is 0 Å². The van der Waals surface area contributed by atoms with Gasteiger partial charge in [0.1, 0.15) is 16.5 Å². The normalized spacial score (nSPS) is 11.5. The van der Waals surface area contributed by atoms with Crippen LogP contribution in [0.25, 0.3) is 0 Å². The first kappa shape index (κ1) is 12.3. The van der Waals surface area contributed by atoms with E-state index in [9.17, 15) is 4.39 Å². The summed E-state index contributed by atoms with van der Waals surface area (Å²) >= 11 is 1.34. The van der Waals surface area contributed by atoms with E-state index in [4.69, 9.17) is 10.9 Å². The molecule has 5 nitrogen and oxygen atoms in total. The van der Waals surface area contributed by atoms with Gasteiger partial charge in [-0.05, 0) is 24.3 Å². The minimum Gasteiger partial charge on any atom is -0.409 e. The Balaban J connectivity index is 2.13. The van der Waals surface area contributed by atoms with E-state index in [2.05, 4.69) is 15.1 Å². The Morgan fingerprint density at radius 3 is 2.50 bits per heavy atom. The molecule has 0 saturated heterocycles. The summed E-state index contributed by atoms with van der Waals surface area (Å²) in [5.41, 5.74) is 5.66. The SMILES string of the molecule is NC(=NO)c1cnc(Sc2ccc(F)cc2)cn1. The van der Waals surface area contributed by atoms with Gasteiger partial charge in [-0.1, -0.05) is 16.9 Å². The van der Waals surface area contributed by atoms with Gasteiger partial charge in [-0.25, -0.2) is 14.4 Å². The summed E-state index contributed by atoms with van der Waals surface area (Å²) in [6.07, 6.45) is 2.91. The van der Waals surface area contributed by atoms with Crippen molar-refractivity contribution in [2.75, 3.05) is 0 Å². The second-order valence-corrected chi connectivity index (χ2v) is 4.37. The van der Waals surface area contributed by atoms with Gasteiger partial charge in [0.15, 0.2) is 5.84 Å². The van der Waals surface area contributed by atoms with E-state index in [1.165, 1.54) is 36.3 Å². The van der Waals surface area contributed by atoms with E-state index in [1.54, 1.807) is 12.1 Å². The molecule has 2 rings (SSSR count). The van der Waals surface area contributed by atoms with Crippen LogP contribution in [0.3, 0.4) is 0 Å². The minimum atomic E-state index is -0.285. The minimum absolute atomic E-state index is 0.0965. The summed E-state index contributed by atoms with van der Waals surface area (Å²) in [6, 6.07) is 6.05. The van der Waals surface area contributed by atoms with E-state index in [0.717, 1.165) is 4.90 Å². The fourth-order valence-corrected chi connectivity index (χ4v) is 1.90. The predicted molar refractivity (Wildman–Crippen MR) is 65.1 cm³/mol. The Kier molecular flexibility index (Phi) is 3.73. The molecule has 0 amide bonds. The molecule has 7 heteroatoms. The maximum Gasteiger partial charge on any atom is 0.190 e. The van der Waals surface area contributed by atoms with Crippen LogP contribution in [-0.2, 0) is 0 Å². The summed E-state index contributed by atoms with van der Waals surface area (Å²) in [6.45, 7) is 0. The average molecular weight is 264 g/mol. The number of amidine groups is 1. The third-order valence-corrected chi connectivity index (χ3v) is 2.96. The third-order valence-electron chi connectivity index (χ3n) is 2.03. The molecule has 0 spiro atoms. The van der Waals surface area contributed by atoms with E-state index >= 15 is 0 Å². The van der Waals surface area contributed by atoms with Crippen molar-refractivity contribution in [3.63, 3.8) is 0 Å². The first-order valence-corrected chi connectivity index (χ1v) is 5.74. The van der Waals surface area contributed by atoms with Gasteiger partial charge in [0.2, 0.25) is 0 Å². The average Bonchev–Trinajstić information content (AvgIpc) is 2.41. The summed E-state index contributed by atoms with van der Waals surface area (Å²) in [4.78, 5) is 8.94. The molecule has 92 valence electrons. The molecule has 0 aliphatic carbocycles. The van der Waals surface area contributed by atoms with E-state index < -0.39 is 0 Å². The number of hydrogen-bond donors (Lipinski definition) is 2. The second-order valence-electron chi connectivity index (χ2n) is 3.28. The lowest BCUT2D eigenvalue weighted by Gasteiger charge is -2.01. The van der Waals surface area contributed by atoms with Crippen molar-refractivity contribution >= 4 is 17.6 Å². The standard InChI is InChI=1S/C11H9FN4OS/c12-7-1-3-8(4-2-7)18-10-6-14-9(5-15-10)11(13)16-17/h1-6,17H,(H2,13,16). The Morgan fingerprint density at radius 2 is 1.94 bits per heavy atom. The Bertz CT molecular complexity index is 556. The number of halogens is 1. The van der Waals surface area contributed by atoms with Crippen molar-refractivity contribution in [3.05, 3.63) is 48.2 Å². The van der Waals surface area contributed by atoms with Gasteiger partial charge in [0, 0.05) is 4.90 Å². The van der Waals surface area contributed by atoms with Crippen LogP contribution in [-0.4, -0.2) is 21.0 Å². The van der Waals surface area contributed by atoms with Crippen LogP contribution in [0.4, 0.5) is 4.39 Å². The van der Waals surface area contributed by atoms with Crippen LogP contribution in [0.1, 0.15) is 5.69 Å². The zero-order valence-corrected chi connectivity index (χ0v) is 9.93. The van der Waals surface area contributed by atoms with Crippen molar-refractivity contribution in [2.45, 2.75) is 9.92 Å². The Hall–Kier alpha value is -2.15. The molecule has 0 saturated carbocycles. The van der Waals surface area contributed by atoms with Crippen LogP contribution in [0, 0.1) is 5.82 Å². The zero-order chi connectivity index (χ0) is 13.0. The largest absolute Gasteiger partial charge is 0.409 e. The first-order valence-electron chi connectivity index (χ1n) is 4.92. The fourth-order valence-electron chi connectivity index (χ4n) is 1.18. The molecule has 0 bridgehead atoms. The molecular formula is C11H9FN4OS. The van der Waals surface area contributed by atoms with E-state index in [1.807, 2.05) is 0 Å². The van der Waals surface area contributed by atoms with Crippen molar-refractivity contribution in [2.24, 2.45) is 10.9 Å². The number of aromatic nitrogens is 2. The first-order chi connectivity index (χ1) is 8.69. The number of rotatable bonds is 3. The highest BCUT2D eigenvalue weighted by Gasteiger charge is 2.03. The van der Waals surface area contributed by atoms with Crippen molar-refractivity contribution < 1.29 is 9.60 Å². The van der Waals surface area contributed by atoms with Crippen LogP contribution in [0.15, 0.2) is 51.7 Å².